The Bertz CT molecular complexity index is 1060. The number of rotatable bonds is 5. The molecule has 0 fully saturated rings. The second-order valence-corrected chi connectivity index (χ2v) is 6.37. The molecule has 29 heavy (non-hydrogen) atoms. The number of aromatic nitrogens is 2. The summed E-state index contributed by atoms with van der Waals surface area (Å²) in [5, 5.41) is 9.89. The molecule has 0 spiro atoms. The average molecular weight is 416 g/mol. The molecule has 0 aliphatic rings. The maximum atomic E-state index is 12.7. The average Bonchev–Trinajstić information content (AvgIpc) is 2.71. The van der Waals surface area contributed by atoms with E-state index in [1.165, 1.54) is 6.08 Å². The van der Waals surface area contributed by atoms with E-state index in [9.17, 15) is 18.4 Å². The van der Waals surface area contributed by atoms with Gasteiger partial charge in [-0.25, -0.2) is 0 Å². The summed E-state index contributed by atoms with van der Waals surface area (Å²) < 4.78 is 44.0. The number of ether oxygens (including phenoxy) is 1. The van der Waals surface area contributed by atoms with Crippen LogP contribution in [-0.4, -0.2) is 9.97 Å². The van der Waals surface area contributed by atoms with Crippen LogP contribution in [0, 0.1) is 11.3 Å². The number of allylic oxidation sites excluding steroid dienone is 1. The molecule has 0 aliphatic heterocycles. The van der Waals surface area contributed by atoms with Crippen molar-refractivity contribution in [3.05, 3.63) is 88.5 Å². The van der Waals surface area contributed by atoms with Crippen LogP contribution in [0.4, 0.5) is 13.2 Å². The van der Waals surface area contributed by atoms with Gasteiger partial charge in [-0.15, -0.1) is 0 Å². The van der Waals surface area contributed by atoms with E-state index in [1.807, 2.05) is 12.1 Å². The van der Waals surface area contributed by atoms with Crippen LogP contribution >= 0.6 is 11.6 Å². The summed E-state index contributed by atoms with van der Waals surface area (Å²) in [5.74, 6) is 0.456. The number of pyridine rings is 2. The van der Waals surface area contributed by atoms with E-state index in [4.69, 9.17) is 16.3 Å². The molecule has 0 bridgehead atoms. The summed E-state index contributed by atoms with van der Waals surface area (Å²) in [6, 6.07) is 12.5. The molecule has 0 N–H and O–H groups in total. The highest BCUT2D eigenvalue weighted by Crippen LogP contribution is 2.31. The number of nitriles is 1. The zero-order valence-electron chi connectivity index (χ0n) is 14.8. The maximum Gasteiger partial charge on any atom is 0.417 e. The lowest BCUT2D eigenvalue weighted by atomic mass is 10.1. The Morgan fingerprint density at radius 3 is 2.62 bits per heavy atom. The van der Waals surface area contributed by atoms with Crippen molar-refractivity contribution in [1.29, 1.82) is 5.26 Å². The number of hydrogen-bond acceptors (Lipinski definition) is 4. The van der Waals surface area contributed by atoms with Gasteiger partial charge >= 0.3 is 6.18 Å². The Labute approximate surface area is 169 Å². The Hall–Kier alpha value is -3.37. The van der Waals surface area contributed by atoms with Gasteiger partial charge in [-0.2, -0.15) is 18.4 Å². The van der Waals surface area contributed by atoms with Gasteiger partial charge in [-0.05, 0) is 42.5 Å². The Morgan fingerprint density at radius 2 is 2.00 bits per heavy atom. The number of hydrogen-bond donors (Lipinski definition) is 0. The Morgan fingerprint density at radius 1 is 1.17 bits per heavy atom. The number of nitrogens with zero attached hydrogens (tertiary/aromatic N) is 3. The van der Waals surface area contributed by atoms with Crippen molar-refractivity contribution in [2.75, 3.05) is 0 Å². The lowest BCUT2D eigenvalue weighted by Gasteiger charge is -2.10. The smallest absolute Gasteiger partial charge is 0.417 e. The first-order valence-corrected chi connectivity index (χ1v) is 8.71. The van der Waals surface area contributed by atoms with Gasteiger partial charge in [0.1, 0.15) is 18.4 Å². The second-order valence-electron chi connectivity index (χ2n) is 5.93. The van der Waals surface area contributed by atoms with Crippen LogP contribution in [0.1, 0.15) is 22.4 Å². The minimum atomic E-state index is -4.50. The van der Waals surface area contributed by atoms with E-state index < -0.39 is 11.7 Å². The van der Waals surface area contributed by atoms with Gasteiger partial charge in [0.05, 0.1) is 16.8 Å². The van der Waals surface area contributed by atoms with E-state index in [0.717, 1.165) is 17.7 Å². The monoisotopic (exact) mass is 415 g/mol. The molecule has 0 saturated heterocycles. The quantitative estimate of drug-likeness (QED) is 0.495. The first-order chi connectivity index (χ1) is 13.9. The summed E-state index contributed by atoms with van der Waals surface area (Å²) >= 11 is 6.06. The van der Waals surface area contributed by atoms with E-state index >= 15 is 0 Å². The number of alkyl halides is 3. The minimum Gasteiger partial charge on any atom is -0.488 e. The van der Waals surface area contributed by atoms with Gasteiger partial charge < -0.3 is 4.74 Å². The van der Waals surface area contributed by atoms with Crippen LogP contribution in [0.15, 0.2) is 61.1 Å². The first-order valence-electron chi connectivity index (χ1n) is 8.33. The highest BCUT2D eigenvalue weighted by Gasteiger charge is 2.30. The third-order valence-corrected chi connectivity index (χ3v) is 4.11. The molecule has 2 heterocycles. The van der Waals surface area contributed by atoms with Crippen molar-refractivity contribution in [2.45, 2.75) is 12.8 Å². The Kier molecular flexibility index (Phi) is 6.15. The molecule has 0 unspecified atom stereocenters. The molecule has 146 valence electrons. The SMILES string of the molecule is N#C/C(=C/c1cc(Cl)ccc1OCc1cccnc1)c1ccc(C(F)(F)F)cn1. The molecule has 4 nitrogen and oxygen atoms in total. The number of halogens is 4. The predicted molar refractivity (Wildman–Crippen MR) is 103 cm³/mol. The zero-order valence-corrected chi connectivity index (χ0v) is 15.6. The molecule has 8 heteroatoms. The van der Waals surface area contributed by atoms with E-state index in [0.29, 0.717) is 22.5 Å². The van der Waals surface area contributed by atoms with Crippen molar-refractivity contribution in [1.82, 2.24) is 9.97 Å². The maximum absolute atomic E-state index is 12.7. The molecule has 0 radical (unpaired) electrons. The van der Waals surface area contributed by atoms with Crippen molar-refractivity contribution in [3.63, 3.8) is 0 Å². The van der Waals surface area contributed by atoms with Crippen molar-refractivity contribution in [2.24, 2.45) is 0 Å². The summed E-state index contributed by atoms with van der Waals surface area (Å²) in [7, 11) is 0. The highest BCUT2D eigenvalue weighted by atomic mass is 35.5. The summed E-state index contributed by atoms with van der Waals surface area (Å²) in [5.41, 5.74) is 0.648. The van der Waals surface area contributed by atoms with Gasteiger partial charge in [-0.1, -0.05) is 17.7 Å². The Balaban J connectivity index is 1.90. The van der Waals surface area contributed by atoms with E-state index in [2.05, 4.69) is 9.97 Å². The minimum absolute atomic E-state index is 0.0761. The zero-order chi connectivity index (χ0) is 20.9. The summed E-state index contributed by atoms with van der Waals surface area (Å²) in [6.07, 6.45) is 0.981. The molecule has 1 aromatic carbocycles. The predicted octanol–water partition coefficient (Wildman–Crippen LogP) is 5.79. The first kappa shape index (κ1) is 20.4. The third-order valence-electron chi connectivity index (χ3n) is 3.88. The molecule has 0 saturated carbocycles. The van der Waals surface area contributed by atoms with Gasteiger partial charge in [0.25, 0.3) is 0 Å². The molecular weight excluding hydrogens is 403 g/mol. The lowest BCUT2D eigenvalue weighted by molar-refractivity contribution is -0.137. The molecule has 3 rings (SSSR count). The summed E-state index contributed by atoms with van der Waals surface area (Å²) in [6.45, 7) is 0.247. The van der Waals surface area contributed by atoms with Crippen molar-refractivity contribution < 1.29 is 17.9 Å². The van der Waals surface area contributed by atoms with Crippen LogP contribution in [0.25, 0.3) is 11.6 Å². The topological polar surface area (TPSA) is 58.8 Å². The van der Waals surface area contributed by atoms with E-state index in [1.54, 1.807) is 36.7 Å². The largest absolute Gasteiger partial charge is 0.488 e. The van der Waals surface area contributed by atoms with Crippen LogP contribution < -0.4 is 4.74 Å². The fourth-order valence-corrected chi connectivity index (χ4v) is 2.63. The van der Waals surface area contributed by atoms with Crippen LogP contribution in [0.3, 0.4) is 0 Å². The van der Waals surface area contributed by atoms with Gasteiger partial charge in [0, 0.05) is 34.7 Å². The van der Waals surface area contributed by atoms with E-state index in [-0.39, 0.29) is 17.9 Å². The third kappa shape index (κ3) is 5.33. The highest BCUT2D eigenvalue weighted by molar-refractivity contribution is 6.30. The molecule has 0 amide bonds. The molecular formula is C21H13ClF3N3O. The van der Waals surface area contributed by atoms with Crippen molar-refractivity contribution in [3.8, 4) is 11.8 Å². The van der Waals surface area contributed by atoms with Gasteiger partial charge in [-0.3, -0.25) is 9.97 Å². The van der Waals surface area contributed by atoms with Gasteiger partial charge in [0.15, 0.2) is 0 Å². The normalized spacial score (nSPS) is 11.8. The molecule has 2 aromatic heterocycles. The van der Waals surface area contributed by atoms with Crippen LogP contribution in [0.2, 0.25) is 5.02 Å². The molecule has 3 aromatic rings. The summed E-state index contributed by atoms with van der Waals surface area (Å²) in [4.78, 5) is 7.78. The van der Waals surface area contributed by atoms with Crippen LogP contribution in [-0.2, 0) is 12.8 Å². The molecule has 0 atom stereocenters. The number of benzene rings is 1. The lowest BCUT2D eigenvalue weighted by Crippen LogP contribution is -2.05. The molecule has 0 aliphatic carbocycles. The van der Waals surface area contributed by atoms with Crippen LogP contribution in [0.5, 0.6) is 5.75 Å². The van der Waals surface area contributed by atoms with Gasteiger partial charge in [0.2, 0.25) is 0 Å². The second kappa shape index (κ2) is 8.76. The fourth-order valence-electron chi connectivity index (χ4n) is 2.45. The van der Waals surface area contributed by atoms with Crippen molar-refractivity contribution >= 4 is 23.3 Å². The standard InChI is InChI=1S/C21H13ClF3N3O/c22-18-4-6-20(29-13-14-2-1-7-27-11-14)15(9-18)8-16(10-26)19-5-3-17(12-28-19)21(23,24)25/h1-9,11-12H,13H2/b16-8-. The fraction of sp³-hybridized carbons (Fsp3) is 0.0952.